The van der Waals surface area contributed by atoms with E-state index in [4.69, 9.17) is 32.7 Å². The van der Waals surface area contributed by atoms with Crippen LogP contribution in [0.25, 0.3) is 0 Å². The number of aromatic carboxylic acids is 1. The molecule has 0 aliphatic carbocycles. The zero-order valence-electron chi connectivity index (χ0n) is 23.6. The Labute approximate surface area is 269 Å². The van der Waals surface area contributed by atoms with Crippen LogP contribution in [0, 0.1) is 0 Å². The first-order valence-corrected chi connectivity index (χ1v) is 14.4. The minimum Gasteiger partial charge on any atom is -0.488 e. The van der Waals surface area contributed by atoms with Crippen LogP contribution in [0.3, 0.4) is 0 Å². The average Bonchev–Trinajstić information content (AvgIpc) is 3.05. The molecular formula is C35H26Cl2N2O6. The van der Waals surface area contributed by atoms with Crippen LogP contribution in [-0.4, -0.2) is 22.9 Å². The van der Waals surface area contributed by atoms with Crippen LogP contribution >= 0.6 is 23.2 Å². The molecule has 0 saturated carbocycles. The summed E-state index contributed by atoms with van der Waals surface area (Å²) in [6, 6.07) is 32.1. The molecule has 0 unspecified atom stereocenters. The van der Waals surface area contributed by atoms with Crippen molar-refractivity contribution in [2.45, 2.75) is 13.2 Å². The number of nitrogens with one attached hydrogen (secondary N) is 2. The van der Waals surface area contributed by atoms with E-state index in [1.165, 1.54) is 30.3 Å². The Morgan fingerprint density at radius 1 is 0.578 bits per heavy atom. The van der Waals surface area contributed by atoms with Crippen LogP contribution in [0.2, 0.25) is 10.0 Å². The fourth-order valence-corrected chi connectivity index (χ4v) is 4.69. The van der Waals surface area contributed by atoms with E-state index in [1.54, 1.807) is 24.3 Å². The molecule has 226 valence electrons. The second kappa shape index (κ2) is 14.4. The molecule has 0 fully saturated rings. The zero-order chi connectivity index (χ0) is 31.8. The first-order valence-electron chi connectivity index (χ1n) is 13.7. The van der Waals surface area contributed by atoms with Gasteiger partial charge in [-0.3, -0.25) is 9.59 Å². The third-order valence-electron chi connectivity index (χ3n) is 6.61. The highest BCUT2D eigenvalue weighted by Gasteiger charge is 2.20. The van der Waals surface area contributed by atoms with Gasteiger partial charge < -0.3 is 25.2 Å². The number of anilines is 2. The van der Waals surface area contributed by atoms with Crippen LogP contribution in [0.5, 0.6) is 11.5 Å². The van der Waals surface area contributed by atoms with Crippen molar-refractivity contribution in [3.8, 4) is 11.5 Å². The van der Waals surface area contributed by atoms with Gasteiger partial charge in [-0.2, -0.15) is 0 Å². The van der Waals surface area contributed by atoms with Gasteiger partial charge in [0.25, 0.3) is 11.8 Å². The molecule has 2 amide bonds. The lowest BCUT2D eigenvalue weighted by Gasteiger charge is -2.17. The van der Waals surface area contributed by atoms with Gasteiger partial charge in [0.15, 0.2) is 0 Å². The number of carbonyl (C=O) groups excluding carboxylic acids is 2. The summed E-state index contributed by atoms with van der Waals surface area (Å²) in [5.74, 6) is -1.89. The minimum absolute atomic E-state index is 0.0380. The maximum atomic E-state index is 13.6. The molecule has 5 aromatic carbocycles. The standard InChI is InChI=1S/C35H26Cl2N2O6/c36-25-12-15-31(44-20-22-7-3-1-4-8-22)27(18-25)33(40)38-29-14-11-24(35(42)43)17-30(29)39-34(41)28-19-26(37)13-16-32(28)45-21-23-9-5-2-6-10-23/h1-19H,20-21H2,(H,38,40)(H,39,41)(H,42,43). The van der Waals surface area contributed by atoms with Crippen LogP contribution in [0.1, 0.15) is 42.2 Å². The normalized spacial score (nSPS) is 10.5. The van der Waals surface area contributed by atoms with Crippen LogP contribution in [0.4, 0.5) is 11.4 Å². The van der Waals surface area contributed by atoms with E-state index in [9.17, 15) is 19.5 Å². The van der Waals surface area contributed by atoms with Crippen molar-refractivity contribution in [3.63, 3.8) is 0 Å². The first-order chi connectivity index (χ1) is 21.8. The third-order valence-corrected chi connectivity index (χ3v) is 7.08. The van der Waals surface area contributed by atoms with Crippen molar-refractivity contribution < 1.29 is 29.0 Å². The largest absolute Gasteiger partial charge is 0.488 e. The van der Waals surface area contributed by atoms with Gasteiger partial charge >= 0.3 is 5.97 Å². The number of carboxylic acids is 1. The van der Waals surface area contributed by atoms with Crippen LogP contribution in [-0.2, 0) is 13.2 Å². The number of hydrogen-bond acceptors (Lipinski definition) is 5. The highest BCUT2D eigenvalue weighted by Crippen LogP contribution is 2.30. The Bertz CT molecular complexity index is 1850. The van der Waals surface area contributed by atoms with Gasteiger partial charge in [0.2, 0.25) is 0 Å². The average molecular weight is 642 g/mol. The number of rotatable bonds is 11. The Balaban J connectivity index is 1.40. The highest BCUT2D eigenvalue weighted by molar-refractivity contribution is 6.31. The van der Waals surface area contributed by atoms with E-state index in [0.29, 0.717) is 10.0 Å². The van der Waals surface area contributed by atoms with E-state index in [2.05, 4.69) is 10.6 Å². The van der Waals surface area contributed by atoms with Crippen molar-refractivity contribution in [1.29, 1.82) is 0 Å². The summed E-state index contributed by atoms with van der Waals surface area (Å²) in [6.07, 6.45) is 0. The van der Waals surface area contributed by atoms with Crippen molar-refractivity contribution in [1.82, 2.24) is 0 Å². The smallest absolute Gasteiger partial charge is 0.335 e. The summed E-state index contributed by atoms with van der Waals surface area (Å²) >= 11 is 12.4. The first kappa shape index (κ1) is 31.1. The summed E-state index contributed by atoms with van der Waals surface area (Å²) in [7, 11) is 0. The Morgan fingerprint density at radius 2 is 1.04 bits per heavy atom. The number of amides is 2. The molecule has 0 heterocycles. The van der Waals surface area contributed by atoms with E-state index in [1.807, 2.05) is 60.7 Å². The summed E-state index contributed by atoms with van der Waals surface area (Å²) in [4.78, 5) is 38.9. The molecule has 0 spiro atoms. The highest BCUT2D eigenvalue weighted by atomic mass is 35.5. The van der Waals surface area contributed by atoms with E-state index in [0.717, 1.165) is 11.1 Å². The number of ether oxygens (including phenoxy) is 2. The molecule has 45 heavy (non-hydrogen) atoms. The molecule has 8 nitrogen and oxygen atoms in total. The predicted molar refractivity (Wildman–Crippen MR) is 174 cm³/mol. The molecular weight excluding hydrogens is 615 g/mol. The molecule has 0 atom stereocenters. The topological polar surface area (TPSA) is 114 Å². The summed E-state index contributed by atoms with van der Waals surface area (Å²) < 4.78 is 11.8. The summed E-state index contributed by atoms with van der Waals surface area (Å²) in [6.45, 7) is 0.415. The van der Waals surface area contributed by atoms with E-state index in [-0.39, 0.29) is 52.8 Å². The maximum Gasteiger partial charge on any atom is 0.335 e. The lowest BCUT2D eigenvalue weighted by atomic mass is 10.1. The molecule has 0 aliphatic rings. The van der Waals surface area contributed by atoms with Gasteiger partial charge in [0.1, 0.15) is 24.7 Å². The van der Waals surface area contributed by atoms with Crippen molar-refractivity contribution in [3.05, 3.63) is 153 Å². The van der Waals surface area contributed by atoms with Gasteiger partial charge in [-0.25, -0.2) is 4.79 Å². The van der Waals surface area contributed by atoms with Crippen LogP contribution < -0.4 is 20.1 Å². The number of benzene rings is 5. The second-order valence-corrected chi connectivity index (χ2v) is 10.7. The summed E-state index contributed by atoms with van der Waals surface area (Å²) in [5.41, 5.74) is 2.13. The minimum atomic E-state index is -1.22. The molecule has 0 aliphatic heterocycles. The number of carboxylic acid groups (broad SMARTS) is 1. The van der Waals surface area contributed by atoms with E-state index < -0.39 is 17.8 Å². The molecule has 0 radical (unpaired) electrons. The monoisotopic (exact) mass is 640 g/mol. The lowest BCUT2D eigenvalue weighted by Crippen LogP contribution is -2.19. The van der Waals surface area contributed by atoms with Gasteiger partial charge in [-0.05, 0) is 65.7 Å². The van der Waals surface area contributed by atoms with E-state index >= 15 is 0 Å². The molecule has 3 N–H and O–H groups in total. The predicted octanol–water partition coefficient (Wildman–Crippen LogP) is 8.35. The Hall–Kier alpha value is -5.31. The zero-order valence-corrected chi connectivity index (χ0v) is 25.1. The van der Waals surface area contributed by atoms with Gasteiger partial charge in [0, 0.05) is 10.0 Å². The molecule has 5 rings (SSSR count). The lowest BCUT2D eigenvalue weighted by molar-refractivity contribution is 0.0696. The fraction of sp³-hybridized carbons (Fsp3) is 0.0571. The molecule has 10 heteroatoms. The molecule has 0 aromatic heterocycles. The van der Waals surface area contributed by atoms with Gasteiger partial charge in [-0.1, -0.05) is 83.9 Å². The maximum absolute atomic E-state index is 13.6. The van der Waals surface area contributed by atoms with Crippen molar-refractivity contribution >= 4 is 52.4 Å². The SMILES string of the molecule is O=C(O)c1ccc(NC(=O)c2cc(Cl)ccc2OCc2ccccc2)c(NC(=O)c2cc(Cl)ccc2OCc2ccccc2)c1. The third kappa shape index (κ3) is 8.20. The number of hydrogen-bond donors (Lipinski definition) is 3. The van der Waals surface area contributed by atoms with Crippen molar-refractivity contribution in [2.75, 3.05) is 10.6 Å². The number of carbonyl (C=O) groups is 3. The van der Waals surface area contributed by atoms with Crippen molar-refractivity contribution in [2.24, 2.45) is 0 Å². The Kier molecular flexibility index (Phi) is 9.99. The molecule has 5 aromatic rings. The Morgan fingerprint density at radius 3 is 1.51 bits per heavy atom. The van der Waals surface area contributed by atoms with Gasteiger partial charge in [-0.15, -0.1) is 0 Å². The fourth-order valence-electron chi connectivity index (χ4n) is 4.35. The second-order valence-electron chi connectivity index (χ2n) is 9.80. The summed E-state index contributed by atoms with van der Waals surface area (Å²) in [5, 5.41) is 15.7. The number of halogens is 2. The molecule has 0 saturated heterocycles. The van der Waals surface area contributed by atoms with Crippen LogP contribution in [0.15, 0.2) is 115 Å². The van der Waals surface area contributed by atoms with Gasteiger partial charge in [0.05, 0.1) is 28.1 Å². The quantitative estimate of drug-likeness (QED) is 0.134. The molecule has 0 bridgehead atoms.